The van der Waals surface area contributed by atoms with Gasteiger partial charge in [0, 0.05) is 6.42 Å². The monoisotopic (exact) mass is 445 g/mol. The molecular formula is C20H23N5O3S2. The molecule has 2 aromatic heterocycles. The van der Waals surface area contributed by atoms with Crippen LogP contribution in [0.3, 0.4) is 0 Å². The van der Waals surface area contributed by atoms with Crippen LogP contribution in [0.2, 0.25) is 0 Å². The molecule has 0 aliphatic carbocycles. The summed E-state index contributed by atoms with van der Waals surface area (Å²) in [5.41, 5.74) is 0.510. The number of aromatic hydroxyl groups is 1. The van der Waals surface area contributed by atoms with E-state index in [4.69, 9.17) is 0 Å². The summed E-state index contributed by atoms with van der Waals surface area (Å²) in [6, 6.07) is 9.03. The number of amides is 1. The molecule has 0 spiro atoms. The van der Waals surface area contributed by atoms with Crippen LogP contribution < -0.4 is 10.9 Å². The molecule has 0 unspecified atom stereocenters. The lowest BCUT2D eigenvalue weighted by atomic mass is 10.1. The Kier molecular flexibility index (Phi) is 7.22. The topological polar surface area (TPSA) is 110 Å². The van der Waals surface area contributed by atoms with Gasteiger partial charge in [0.2, 0.25) is 16.9 Å². The fourth-order valence-electron chi connectivity index (χ4n) is 2.76. The van der Waals surface area contributed by atoms with E-state index in [1.807, 2.05) is 18.2 Å². The van der Waals surface area contributed by atoms with E-state index in [-0.39, 0.29) is 33.8 Å². The highest BCUT2D eigenvalue weighted by atomic mass is 32.2. The third-order valence-corrected chi connectivity index (χ3v) is 5.92. The van der Waals surface area contributed by atoms with Gasteiger partial charge in [0.1, 0.15) is 5.01 Å². The average Bonchev–Trinajstić information content (AvgIpc) is 3.13. The summed E-state index contributed by atoms with van der Waals surface area (Å²) >= 11 is 2.42. The zero-order valence-corrected chi connectivity index (χ0v) is 18.6. The van der Waals surface area contributed by atoms with Gasteiger partial charge in [-0.2, -0.15) is 4.98 Å². The van der Waals surface area contributed by atoms with E-state index in [0.29, 0.717) is 23.2 Å². The lowest BCUT2D eigenvalue weighted by Gasteiger charge is -2.13. The van der Waals surface area contributed by atoms with Gasteiger partial charge in [0.15, 0.2) is 5.16 Å². The van der Waals surface area contributed by atoms with Crippen LogP contribution >= 0.6 is 23.1 Å². The van der Waals surface area contributed by atoms with Crippen molar-refractivity contribution in [2.75, 3.05) is 11.1 Å². The lowest BCUT2D eigenvalue weighted by molar-refractivity contribution is -0.113. The SMILES string of the molecule is CCc1c(O)nc(SCC(=O)Nc2nnc(CC(C)C)s2)n(-c2ccccc2)c1=O. The van der Waals surface area contributed by atoms with Gasteiger partial charge >= 0.3 is 0 Å². The number of hydrogen-bond acceptors (Lipinski definition) is 8. The summed E-state index contributed by atoms with van der Waals surface area (Å²) in [4.78, 5) is 29.5. The molecule has 8 nitrogen and oxygen atoms in total. The summed E-state index contributed by atoms with van der Waals surface area (Å²) in [6.07, 6.45) is 1.16. The van der Waals surface area contributed by atoms with Crippen molar-refractivity contribution in [3.63, 3.8) is 0 Å². The first-order chi connectivity index (χ1) is 14.4. The Hall–Kier alpha value is -2.72. The molecule has 10 heteroatoms. The molecule has 0 fully saturated rings. The summed E-state index contributed by atoms with van der Waals surface area (Å²) in [7, 11) is 0. The second-order valence-corrected chi connectivity index (χ2v) is 8.97. The Morgan fingerprint density at radius 3 is 2.67 bits per heavy atom. The van der Waals surface area contributed by atoms with Crippen LogP contribution in [0.1, 0.15) is 31.3 Å². The number of nitrogens with one attached hydrogen (secondary N) is 1. The maximum Gasteiger partial charge on any atom is 0.265 e. The van der Waals surface area contributed by atoms with Crippen molar-refractivity contribution in [1.29, 1.82) is 0 Å². The van der Waals surface area contributed by atoms with Gasteiger partial charge in [-0.05, 0) is 24.5 Å². The molecule has 30 heavy (non-hydrogen) atoms. The number of hydrogen-bond donors (Lipinski definition) is 2. The smallest absolute Gasteiger partial charge is 0.265 e. The Morgan fingerprint density at radius 1 is 1.27 bits per heavy atom. The predicted molar refractivity (Wildman–Crippen MR) is 119 cm³/mol. The Balaban J connectivity index is 1.78. The molecular weight excluding hydrogens is 422 g/mol. The summed E-state index contributed by atoms with van der Waals surface area (Å²) < 4.78 is 1.42. The molecule has 1 aromatic carbocycles. The van der Waals surface area contributed by atoms with Crippen LogP contribution in [-0.4, -0.2) is 36.5 Å². The predicted octanol–water partition coefficient (Wildman–Crippen LogP) is 3.28. The van der Waals surface area contributed by atoms with Crippen molar-refractivity contribution in [3.05, 3.63) is 51.3 Å². The number of thioether (sulfide) groups is 1. The van der Waals surface area contributed by atoms with Gasteiger partial charge in [-0.3, -0.25) is 19.5 Å². The average molecular weight is 446 g/mol. The van der Waals surface area contributed by atoms with E-state index in [1.54, 1.807) is 19.1 Å². The standard InChI is InChI=1S/C20H23N5O3S2/c1-4-14-17(27)22-20(25(18(14)28)13-8-6-5-7-9-13)29-11-15(26)21-19-24-23-16(30-19)10-12(2)3/h5-9,12,27H,4,10-11H2,1-3H3,(H,21,24,26). The van der Waals surface area contributed by atoms with Crippen molar-refractivity contribution in [2.45, 2.75) is 38.8 Å². The second-order valence-electron chi connectivity index (χ2n) is 6.96. The van der Waals surface area contributed by atoms with Crippen molar-refractivity contribution >= 4 is 34.1 Å². The van der Waals surface area contributed by atoms with E-state index in [2.05, 4.69) is 34.3 Å². The van der Waals surface area contributed by atoms with Gasteiger partial charge < -0.3 is 5.11 Å². The molecule has 0 radical (unpaired) electrons. The molecule has 0 saturated heterocycles. The van der Waals surface area contributed by atoms with E-state index >= 15 is 0 Å². The van der Waals surface area contributed by atoms with E-state index in [9.17, 15) is 14.7 Å². The van der Waals surface area contributed by atoms with Crippen molar-refractivity contribution in [1.82, 2.24) is 19.7 Å². The molecule has 0 aliphatic heterocycles. The number of aromatic nitrogens is 4. The number of para-hydroxylation sites is 1. The summed E-state index contributed by atoms with van der Waals surface area (Å²) in [5, 5.41) is 22.5. The van der Waals surface area contributed by atoms with Crippen LogP contribution in [0.5, 0.6) is 5.88 Å². The van der Waals surface area contributed by atoms with Crippen LogP contribution in [0.25, 0.3) is 5.69 Å². The van der Waals surface area contributed by atoms with Crippen molar-refractivity contribution in [2.24, 2.45) is 5.92 Å². The first-order valence-electron chi connectivity index (χ1n) is 9.54. The highest BCUT2D eigenvalue weighted by Gasteiger charge is 2.18. The van der Waals surface area contributed by atoms with Gasteiger partial charge in [-0.15, -0.1) is 10.2 Å². The fourth-order valence-corrected chi connectivity index (χ4v) is 4.53. The molecule has 3 aromatic rings. The Bertz CT molecular complexity index is 1080. The minimum atomic E-state index is -0.346. The molecule has 0 aliphatic rings. The van der Waals surface area contributed by atoms with Gasteiger partial charge in [0.05, 0.1) is 17.0 Å². The second kappa shape index (κ2) is 9.86. The van der Waals surface area contributed by atoms with E-state index in [0.717, 1.165) is 23.2 Å². The Labute approximate surface area is 182 Å². The molecule has 2 N–H and O–H groups in total. The Morgan fingerprint density at radius 2 is 2.00 bits per heavy atom. The number of carbonyl (C=O) groups is 1. The molecule has 0 saturated carbocycles. The zero-order valence-electron chi connectivity index (χ0n) is 17.0. The lowest BCUT2D eigenvalue weighted by Crippen LogP contribution is -2.25. The number of nitrogens with zero attached hydrogens (tertiary/aromatic N) is 4. The minimum Gasteiger partial charge on any atom is -0.493 e. The van der Waals surface area contributed by atoms with Gasteiger partial charge in [-0.25, -0.2) is 0 Å². The summed E-state index contributed by atoms with van der Waals surface area (Å²) in [5.74, 6) is -0.139. The molecule has 1 amide bonds. The number of anilines is 1. The van der Waals surface area contributed by atoms with Crippen LogP contribution in [0, 0.1) is 5.92 Å². The van der Waals surface area contributed by atoms with Crippen LogP contribution in [0.15, 0.2) is 40.3 Å². The number of rotatable bonds is 8. The molecule has 0 bridgehead atoms. The molecule has 0 atom stereocenters. The maximum atomic E-state index is 12.9. The van der Waals surface area contributed by atoms with Gasteiger partial charge in [0.25, 0.3) is 5.56 Å². The molecule has 2 heterocycles. The highest BCUT2D eigenvalue weighted by molar-refractivity contribution is 7.99. The maximum absolute atomic E-state index is 12.9. The quantitative estimate of drug-likeness (QED) is 0.404. The van der Waals surface area contributed by atoms with E-state index < -0.39 is 0 Å². The first-order valence-corrected chi connectivity index (χ1v) is 11.3. The third-order valence-electron chi connectivity index (χ3n) is 4.12. The van der Waals surface area contributed by atoms with Crippen molar-refractivity contribution < 1.29 is 9.90 Å². The van der Waals surface area contributed by atoms with E-state index in [1.165, 1.54) is 15.9 Å². The minimum absolute atomic E-state index is 0.00325. The molecule has 3 rings (SSSR count). The first kappa shape index (κ1) is 22.0. The zero-order chi connectivity index (χ0) is 21.7. The normalized spacial score (nSPS) is 11.1. The number of carbonyl (C=O) groups excluding carboxylic acids is 1. The number of benzene rings is 1. The highest BCUT2D eigenvalue weighted by Crippen LogP contribution is 2.24. The van der Waals surface area contributed by atoms with Crippen LogP contribution in [-0.2, 0) is 17.6 Å². The van der Waals surface area contributed by atoms with Crippen LogP contribution in [0.4, 0.5) is 5.13 Å². The third kappa shape index (κ3) is 5.25. The fraction of sp³-hybridized carbons (Fsp3) is 0.350. The van der Waals surface area contributed by atoms with Crippen molar-refractivity contribution in [3.8, 4) is 11.6 Å². The summed E-state index contributed by atoms with van der Waals surface area (Å²) in [6.45, 7) is 5.97. The van der Waals surface area contributed by atoms with Gasteiger partial charge in [-0.1, -0.05) is 62.1 Å². The largest absolute Gasteiger partial charge is 0.493 e. The molecule has 158 valence electrons.